The Hall–Kier alpha value is -2.97. The van der Waals surface area contributed by atoms with Crippen molar-refractivity contribution in [2.75, 3.05) is 26.2 Å². The summed E-state index contributed by atoms with van der Waals surface area (Å²) in [6.07, 6.45) is 0.102. The highest BCUT2D eigenvalue weighted by molar-refractivity contribution is 6.05. The minimum absolute atomic E-state index is 0.180. The molecule has 36 heavy (non-hydrogen) atoms. The molecule has 2 aromatic carbocycles. The van der Waals surface area contributed by atoms with Gasteiger partial charge in [0.05, 0.1) is 22.3 Å². The largest absolute Gasteiger partial charge is 0.478 e. The molecule has 0 saturated carbocycles. The summed E-state index contributed by atoms with van der Waals surface area (Å²) in [4.78, 5) is 19.6. The Balaban J connectivity index is 1.55. The van der Waals surface area contributed by atoms with Crippen LogP contribution in [0, 0.1) is 11.8 Å². The molecular weight excluding hydrogens is 467 g/mol. The van der Waals surface area contributed by atoms with Crippen molar-refractivity contribution in [2.45, 2.75) is 38.4 Å². The number of piperidine rings is 2. The maximum Gasteiger partial charge on any atom is 0.416 e. The third kappa shape index (κ3) is 5.11. The summed E-state index contributed by atoms with van der Waals surface area (Å²) in [6.45, 7) is 4.23. The molecular formula is C28H30F3N3O2. The lowest BCUT2D eigenvalue weighted by atomic mass is 9.80. The van der Waals surface area contributed by atoms with E-state index in [-0.39, 0.29) is 5.56 Å². The Morgan fingerprint density at radius 1 is 1.03 bits per heavy atom. The van der Waals surface area contributed by atoms with Crippen molar-refractivity contribution in [1.29, 1.82) is 0 Å². The van der Waals surface area contributed by atoms with Crippen LogP contribution in [0.3, 0.4) is 0 Å². The fourth-order valence-electron chi connectivity index (χ4n) is 5.86. The van der Waals surface area contributed by atoms with Crippen LogP contribution < -0.4 is 5.32 Å². The van der Waals surface area contributed by atoms with Crippen LogP contribution in [0.5, 0.6) is 0 Å². The number of carboxylic acid groups (broad SMARTS) is 1. The molecule has 2 fully saturated rings. The minimum Gasteiger partial charge on any atom is -0.478 e. The molecule has 1 aromatic heterocycles. The third-order valence-electron chi connectivity index (χ3n) is 7.67. The molecule has 1 atom stereocenters. The van der Waals surface area contributed by atoms with Crippen LogP contribution in [0.25, 0.3) is 22.2 Å². The molecule has 5 rings (SSSR count). The smallest absolute Gasteiger partial charge is 0.416 e. The highest BCUT2D eigenvalue weighted by Gasteiger charge is 2.32. The first-order chi connectivity index (χ1) is 17.3. The predicted octanol–water partition coefficient (Wildman–Crippen LogP) is 5.83. The zero-order valence-electron chi connectivity index (χ0n) is 20.0. The second kappa shape index (κ2) is 10.2. The number of aromatic nitrogens is 1. The average Bonchev–Trinajstić information content (AvgIpc) is 2.88. The zero-order valence-corrected chi connectivity index (χ0v) is 20.0. The monoisotopic (exact) mass is 497 g/mol. The SMILES string of the molecule is O=C(O)c1c(CN2CCCC(C3CCNCC3)C2)c(-c2ccc(C(F)(F)F)cc2)nc2ccccc12. The first kappa shape index (κ1) is 24.7. The van der Waals surface area contributed by atoms with E-state index >= 15 is 0 Å². The summed E-state index contributed by atoms with van der Waals surface area (Å²) < 4.78 is 39.5. The molecule has 0 bridgehead atoms. The van der Waals surface area contributed by atoms with Gasteiger partial charge in [0.2, 0.25) is 0 Å². The maximum absolute atomic E-state index is 13.2. The van der Waals surface area contributed by atoms with Gasteiger partial charge in [-0.2, -0.15) is 13.2 Å². The van der Waals surface area contributed by atoms with E-state index in [2.05, 4.69) is 10.2 Å². The molecule has 0 aliphatic carbocycles. The molecule has 3 heterocycles. The molecule has 2 N–H and O–H groups in total. The van der Waals surface area contributed by atoms with Crippen molar-refractivity contribution in [1.82, 2.24) is 15.2 Å². The Morgan fingerprint density at radius 2 is 1.75 bits per heavy atom. The zero-order chi connectivity index (χ0) is 25.3. The summed E-state index contributed by atoms with van der Waals surface area (Å²) >= 11 is 0. The number of hydrogen-bond donors (Lipinski definition) is 2. The van der Waals surface area contributed by atoms with Gasteiger partial charge in [0, 0.05) is 29.6 Å². The van der Waals surface area contributed by atoms with E-state index in [0.29, 0.717) is 46.1 Å². The van der Waals surface area contributed by atoms with Gasteiger partial charge in [-0.25, -0.2) is 9.78 Å². The second-order valence-electron chi connectivity index (χ2n) is 9.94. The number of hydrogen-bond acceptors (Lipinski definition) is 4. The first-order valence-corrected chi connectivity index (χ1v) is 12.6. The highest BCUT2D eigenvalue weighted by atomic mass is 19.4. The standard InChI is InChI=1S/C28H30F3N3O2/c29-28(30,31)21-9-7-19(8-10-21)26-23(25(27(35)36)22-5-1-2-6-24(22)33-26)17-34-15-3-4-20(16-34)18-11-13-32-14-12-18/h1-2,5-10,18,20,32H,3-4,11-17H2,(H,35,36). The average molecular weight is 498 g/mol. The molecule has 0 spiro atoms. The predicted molar refractivity (Wildman–Crippen MR) is 133 cm³/mol. The summed E-state index contributed by atoms with van der Waals surface area (Å²) in [5, 5.41) is 14.2. The number of rotatable bonds is 5. The van der Waals surface area contributed by atoms with Crippen molar-refractivity contribution in [2.24, 2.45) is 11.8 Å². The van der Waals surface area contributed by atoms with Gasteiger partial charge in [0.25, 0.3) is 0 Å². The Labute approximate surface area is 208 Å². The molecule has 190 valence electrons. The van der Waals surface area contributed by atoms with E-state index in [1.165, 1.54) is 18.6 Å². The van der Waals surface area contributed by atoms with Gasteiger partial charge in [0.1, 0.15) is 0 Å². The van der Waals surface area contributed by atoms with Crippen LogP contribution in [-0.2, 0) is 12.7 Å². The van der Waals surface area contributed by atoms with Crippen molar-refractivity contribution in [3.8, 4) is 11.3 Å². The summed E-state index contributed by atoms with van der Waals surface area (Å²) in [7, 11) is 0. The van der Waals surface area contributed by atoms with E-state index in [0.717, 1.165) is 57.6 Å². The lowest BCUT2D eigenvalue weighted by Gasteiger charge is -2.39. The van der Waals surface area contributed by atoms with Crippen LogP contribution in [0.2, 0.25) is 0 Å². The molecule has 2 aliphatic rings. The molecule has 2 aliphatic heterocycles. The van der Waals surface area contributed by atoms with Gasteiger partial charge in [-0.3, -0.25) is 4.90 Å². The van der Waals surface area contributed by atoms with Crippen LogP contribution in [-0.4, -0.2) is 47.1 Å². The first-order valence-electron chi connectivity index (χ1n) is 12.6. The normalized spacial score (nSPS) is 20.0. The number of nitrogens with zero attached hydrogens (tertiary/aromatic N) is 2. The van der Waals surface area contributed by atoms with Gasteiger partial charge >= 0.3 is 12.1 Å². The number of alkyl halides is 3. The molecule has 3 aromatic rings. The number of nitrogens with one attached hydrogen (secondary N) is 1. The minimum atomic E-state index is -4.44. The Bertz CT molecular complexity index is 1240. The van der Waals surface area contributed by atoms with Gasteiger partial charge in [-0.05, 0) is 75.4 Å². The number of likely N-dealkylation sites (tertiary alicyclic amines) is 1. The fraction of sp³-hybridized carbons (Fsp3) is 0.429. The van der Waals surface area contributed by atoms with E-state index in [1.807, 2.05) is 0 Å². The molecule has 5 nitrogen and oxygen atoms in total. The number of pyridine rings is 1. The van der Waals surface area contributed by atoms with E-state index in [9.17, 15) is 23.1 Å². The fourth-order valence-corrected chi connectivity index (χ4v) is 5.86. The number of aromatic carboxylic acids is 1. The number of para-hydroxylation sites is 1. The topological polar surface area (TPSA) is 65.5 Å². The highest BCUT2D eigenvalue weighted by Crippen LogP contribution is 2.36. The van der Waals surface area contributed by atoms with Gasteiger partial charge in [-0.1, -0.05) is 30.3 Å². The Morgan fingerprint density at radius 3 is 2.44 bits per heavy atom. The van der Waals surface area contributed by atoms with Crippen molar-refractivity contribution in [3.05, 3.63) is 65.2 Å². The van der Waals surface area contributed by atoms with Crippen LogP contribution >= 0.6 is 0 Å². The number of fused-ring (bicyclic) bond motifs is 1. The molecule has 2 saturated heterocycles. The lowest BCUT2D eigenvalue weighted by Crippen LogP contribution is -2.41. The van der Waals surface area contributed by atoms with Crippen LogP contribution in [0.15, 0.2) is 48.5 Å². The van der Waals surface area contributed by atoms with E-state index < -0.39 is 17.7 Å². The van der Waals surface area contributed by atoms with Crippen molar-refractivity contribution >= 4 is 16.9 Å². The van der Waals surface area contributed by atoms with Gasteiger partial charge in [0.15, 0.2) is 0 Å². The van der Waals surface area contributed by atoms with Crippen molar-refractivity contribution in [3.63, 3.8) is 0 Å². The molecule has 0 amide bonds. The lowest BCUT2D eigenvalue weighted by molar-refractivity contribution is -0.137. The summed E-state index contributed by atoms with van der Waals surface area (Å²) in [5.41, 5.74) is 1.43. The summed E-state index contributed by atoms with van der Waals surface area (Å²) in [6, 6.07) is 11.9. The molecule has 0 radical (unpaired) electrons. The van der Waals surface area contributed by atoms with Gasteiger partial charge < -0.3 is 10.4 Å². The molecule has 1 unspecified atom stereocenters. The summed E-state index contributed by atoms with van der Waals surface area (Å²) in [5.74, 6) is 0.179. The van der Waals surface area contributed by atoms with E-state index in [4.69, 9.17) is 4.98 Å². The maximum atomic E-state index is 13.2. The quantitative estimate of drug-likeness (QED) is 0.464. The van der Waals surface area contributed by atoms with Crippen LogP contribution in [0.1, 0.15) is 47.2 Å². The number of carbonyl (C=O) groups is 1. The van der Waals surface area contributed by atoms with Crippen LogP contribution in [0.4, 0.5) is 13.2 Å². The van der Waals surface area contributed by atoms with Crippen molar-refractivity contribution < 1.29 is 23.1 Å². The number of benzene rings is 2. The van der Waals surface area contributed by atoms with Gasteiger partial charge in [-0.15, -0.1) is 0 Å². The molecule has 8 heteroatoms. The number of carboxylic acids is 1. The second-order valence-corrected chi connectivity index (χ2v) is 9.94. The Kier molecular flexibility index (Phi) is 6.99. The third-order valence-corrected chi connectivity index (χ3v) is 7.67. The number of halogens is 3. The van der Waals surface area contributed by atoms with E-state index in [1.54, 1.807) is 24.3 Å².